The molecule has 2 aromatic rings. The summed E-state index contributed by atoms with van der Waals surface area (Å²) < 4.78 is 0. The zero-order chi connectivity index (χ0) is 13.6. The molecule has 0 spiro atoms. The Bertz CT molecular complexity index is 627. The Morgan fingerprint density at radius 1 is 1.47 bits per heavy atom. The topological polar surface area (TPSA) is 62.1 Å². The number of nitrogen functional groups attached to an aromatic ring is 1. The van der Waals surface area contributed by atoms with Crippen LogP contribution in [-0.2, 0) is 0 Å². The fourth-order valence-electron chi connectivity index (χ4n) is 2.59. The summed E-state index contributed by atoms with van der Waals surface area (Å²) in [6.45, 7) is 2.13. The lowest BCUT2D eigenvalue weighted by molar-refractivity contribution is 0.0729. The fraction of sp³-hybridized carbons (Fsp3) is 0.400. The molecule has 0 aliphatic heterocycles. The maximum absolute atomic E-state index is 12.6. The Labute approximate surface area is 112 Å². The van der Waals surface area contributed by atoms with E-state index in [4.69, 9.17) is 5.73 Å². The minimum atomic E-state index is 0.0791. The Balaban J connectivity index is 1.92. The average molecular weight is 257 g/mol. The molecule has 4 heteroatoms. The molecule has 0 saturated heterocycles. The van der Waals surface area contributed by atoms with Crippen molar-refractivity contribution >= 4 is 22.5 Å². The molecule has 1 aromatic heterocycles. The zero-order valence-corrected chi connectivity index (χ0v) is 11.3. The van der Waals surface area contributed by atoms with Crippen LogP contribution >= 0.6 is 0 Å². The van der Waals surface area contributed by atoms with Crippen LogP contribution in [0, 0.1) is 5.92 Å². The maximum Gasteiger partial charge on any atom is 0.256 e. The molecule has 1 aliphatic rings. The van der Waals surface area contributed by atoms with Gasteiger partial charge in [0.2, 0.25) is 0 Å². The summed E-state index contributed by atoms with van der Waals surface area (Å²) in [5.74, 6) is 0.755. The van der Waals surface area contributed by atoms with Gasteiger partial charge in [0.1, 0.15) is 0 Å². The van der Waals surface area contributed by atoms with Crippen molar-refractivity contribution in [2.75, 3.05) is 12.8 Å². The van der Waals surface area contributed by atoms with Gasteiger partial charge in [-0.05, 0) is 43.9 Å². The summed E-state index contributed by atoms with van der Waals surface area (Å²) >= 11 is 0. The molecule has 3 rings (SSSR count). The number of fused-ring (bicyclic) bond motifs is 1. The molecule has 0 bridgehead atoms. The number of carbonyl (C=O) groups is 1. The van der Waals surface area contributed by atoms with E-state index >= 15 is 0 Å². The second-order valence-electron chi connectivity index (χ2n) is 5.50. The molecule has 100 valence electrons. The van der Waals surface area contributed by atoms with Crippen molar-refractivity contribution in [1.82, 2.24) is 9.88 Å². The smallest absolute Gasteiger partial charge is 0.256 e. The lowest BCUT2D eigenvalue weighted by Gasteiger charge is -2.24. The number of hydrogen-bond donors (Lipinski definition) is 2. The summed E-state index contributed by atoms with van der Waals surface area (Å²) in [5, 5.41) is 0.939. The number of benzene rings is 1. The lowest BCUT2D eigenvalue weighted by Crippen LogP contribution is -2.36. The molecule has 1 unspecified atom stereocenters. The van der Waals surface area contributed by atoms with Gasteiger partial charge in [0.15, 0.2) is 0 Å². The van der Waals surface area contributed by atoms with Crippen LogP contribution in [0.15, 0.2) is 24.4 Å². The third-order valence-corrected chi connectivity index (χ3v) is 4.17. The third-order valence-electron chi connectivity index (χ3n) is 4.17. The van der Waals surface area contributed by atoms with Gasteiger partial charge in [-0.2, -0.15) is 0 Å². The number of amides is 1. The van der Waals surface area contributed by atoms with E-state index in [1.54, 1.807) is 6.20 Å². The van der Waals surface area contributed by atoms with E-state index in [0.29, 0.717) is 17.6 Å². The van der Waals surface area contributed by atoms with Crippen LogP contribution in [0.4, 0.5) is 5.69 Å². The van der Waals surface area contributed by atoms with Crippen LogP contribution in [0.3, 0.4) is 0 Å². The molecule has 1 amide bonds. The van der Waals surface area contributed by atoms with Gasteiger partial charge < -0.3 is 15.6 Å². The fourth-order valence-corrected chi connectivity index (χ4v) is 2.59. The minimum absolute atomic E-state index is 0.0791. The highest BCUT2D eigenvalue weighted by atomic mass is 16.2. The van der Waals surface area contributed by atoms with Crippen molar-refractivity contribution in [3.8, 4) is 0 Å². The molecule has 1 aliphatic carbocycles. The number of carbonyl (C=O) groups excluding carboxylic acids is 1. The SMILES string of the molecule is CC(C1CC1)N(C)C(=O)c1c[nH]c2cc(N)ccc12. The molecule has 1 fully saturated rings. The van der Waals surface area contributed by atoms with Gasteiger partial charge in [0, 0.05) is 35.9 Å². The van der Waals surface area contributed by atoms with E-state index in [1.807, 2.05) is 30.1 Å². The predicted octanol–water partition coefficient (Wildman–Crippen LogP) is 2.62. The van der Waals surface area contributed by atoms with E-state index < -0.39 is 0 Å². The van der Waals surface area contributed by atoms with Crippen molar-refractivity contribution in [1.29, 1.82) is 0 Å². The molecule has 1 aromatic carbocycles. The Kier molecular flexibility index (Phi) is 2.73. The van der Waals surface area contributed by atoms with Gasteiger partial charge in [-0.3, -0.25) is 4.79 Å². The molecular formula is C15H19N3O. The summed E-state index contributed by atoms with van der Waals surface area (Å²) in [6.07, 6.45) is 4.26. The third kappa shape index (κ3) is 2.07. The maximum atomic E-state index is 12.6. The molecule has 4 nitrogen and oxygen atoms in total. The van der Waals surface area contributed by atoms with E-state index in [2.05, 4.69) is 11.9 Å². The summed E-state index contributed by atoms with van der Waals surface area (Å²) in [7, 11) is 1.89. The molecule has 1 atom stereocenters. The first-order chi connectivity index (χ1) is 9.08. The summed E-state index contributed by atoms with van der Waals surface area (Å²) in [4.78, 5) is 17.5. The lowest BCUT2D eigenvalue weighted by atomic mass is 10.1. The van der Waals surface area contributed by atoms with E-state index in [9.17, 15) is 4.79 Å². The van der Waals surface area contributed by atoms with E-state index in [0.717, 1.165) is 16.5 Å². The Hall–Kier alpha value is -1.97. The van der Waals surface area contributed by atoms with Crippen LogP contribution in [0.25, 0.3) is 10.9 Å². The highest BCUT2D eigenvalue weighted by molar-refractivity contribution is 6.07. The normalized spacial score (nSPS) is 16.5. The highest BCUT2D eigenvalue weighted by Crippen LogP contribution is 2.35. The quantitative estimate of drug-likeness (QED) is 0.830. The largest absolute Gasteiger partial charge is 0.399 e. The number of rotatable bonds is 3. The summed E-state index contributed by atoms with van der Waals surface area (Å²) in [6, 6.07) is 5.91. The number of H-pyrrole nitrogens is 1. The number of nitrogens with two attached hydrogens (primary N) is 1. The van der Waals surface area contributed by atoms with Crippen LogP contribution in [-0.4, -0.2) is 28.9 Å². The van der Waals surface area contributed by atoms with Crippen molar-refractivity contribution in [2.45, 2.75) is 25.8 Å². The first-order valence-electron chi connectivity index (χ1n) is 6.71. The van der Waals surface area contributed by atoms with Crippen molar-refractivity contribution in [3.63, 3.8) is 0 Å². The first kappa shape index (κ1) is 12.1. The van der Waals surface area contributed by atoms with Crippen LogP contribution in [0.1, 0.15) is 30.1 Å². The molecule has 1 heterocycles. The van der Waals surface area contributed by atoms with Gasteiger partial charge in [0.25, 0.3) is 5.91 Å². The second-order valence-corrected chi connectivity index (χ2v) is 5.50. The molecule has 0 radical (unpaired) electrons. The average Bonchev–Trinajstić information content (AvgIpc) is 3.17. The molecule has 3 N–H and O–H groups in total. The number of anilines is 1. The standard InChI is InChI=1S/C15H19N3O/c1-9(10-3-4-10)18(2)15(19)13-8-17-14-7-11(16)5-6-12(13)14/h5-10,17H,3-4,16H2,1-2H3. The highest BCUT2D eigenvalue weighted by Gasteiger charge is 2.33. The van der Waals surface area contributed by atoms with Crippen LogP contribution < -0.4 is 5.73 Å². The van der Waals surface area contributed by atoms with Crippen molar-refractivity contribution < 1.29 is 4.79 Å². The minimum Gasteiger partial charge on any atom is -0.399 e. The van der Waals surface area contributed by atoms with Crippen LogP contribution in [0.5, 0.6) is 0 Å². The molecule has 1 saturated carbocycles. The number of nitrogens with one attached hydrogen (secondary N) is 1. The van der Waals surface area contributed by atoms with Gasteiger partial charge in [-0.1, -0.05) is 0 Å². The van der Waals surface area contributed by atoms with Crippen molar-refractivity contribution in [3.05, 3.63) is 30.0 Å². The van der Waals surface area contributed by atoms with E-state index in [-0.39, 0.29) is 5.91 Å². The molecule has 19 heavy (non-hydrogen) atoms. The van der Waals surface area contributed by atoms with Crippen molar-refractivity contribution in [2.24, 2.45) is 5.92 Å². The van der Waals surface area contributed by atoms with E-state index in [1.165, 1.54) is 12.8 Å². The van der Waals surface area contributed by atoms with Crippen LogP contribution in [0.2, 0.25) is 0 Å². The molecular weight excluding hydrogens is 238 g/mol. The Morgan fingerprint density at radius 3 is 2.89 bits per heavy atom. The number of nitrogens with zero attached hydrogens (tertiary/aromatic N) is 1. The van der Waals surface area contributed by atoms with Gasteiger partial charge in [0.05, 0.1) is 5.56 Å². The van der Waals surface area contributed by atoms with Gasteiger partial charge in [-0.15, -0.1) is 0 Å². The Morgan fingerprint density at radius 2 is 2.21 bits per heavy atom. The monoisotopic (exact) mass is 257 g/mol. The number of hydrogen-bond acceptors (Lipinski definition) is 2. The predicted molar refractivity (Wildman–Crippen MR) is 77.0 cm³/mol. The zero-order valence-electron chi connectivity index (χ0n) is 11.3. The van der Waals surface area contributed by atoms with Gasteiger partial charge in [-0.25, -0.2) is 0 Å². The number of aromatic amines is 1. The van der Waals surface area contributed by atoms with Gasteiger partial charge >= 0.3 is 0 Å². The second kappa shape index (κ2) is 4.30. The first-order valence-corrected chi connectivity index (χ1v) is 6.71. The summed E-state index contributed by atoms with van der Waals surface area (Å²) in [5.41, 5.74) is 8.09. The number of aromatic nitrogens is 1.